The minimum absolute atomic E-state index is 0.269. The van der Waals surface area contributed by atoms with Crippen LogP contribution in [0.2, 0.25) is 5.15 Å². The van der Waals surface area contributed by atoms with Crippen molar-refractivity contribution in [2.45, 2.75) is 25.9 Å². The summed E-state index contributed by atoms with van der Waals surface area (Å²) in [6.45, 7) is 5.10. The molecule has 2 aromatic rings. The highest BCUT2D eigenvalue weighted by molar-refractivity contribution is 6.30. The number of pyridine rings is 1. The van der Waals surface area contributed by atoms with Crippen LogP contribution in [0.4, 0.5) is 0 Å². The number of halogens is 1. The molecule has 1 aliphatic heterocycles. The van der Waals surface area contributed by atoms with Gasteiger partial charge in [0.1, 0.15) is 5.15 Å². The highest BCUT2D eigenvalue weighted by atomic mass is 35.5. The van der Waals surface area contributed by atoms with Crippen LogP contribution in [0.1, 0.15) is 18.9 Å². The molecule has 1 aromatic heterocycles. The lowest BCUT2D eigenvalue weighted by Gasteiger charge is -2.34. The molecule has 0 bridgehead atoms. The topological polar surface area (TPSA) is 42.1 Å². The quantitative estimate of drug-likeness (QED) is 0.864. The van der Waals surface area contributed by atoms with Crippen molar-refractivity contribution in [2.75, 3.05) is 13.1 Å². The lowest BCUT2D eigenvalue weighted by atomic mass is 9.96. The fourth-order valence-corrected chi connectivity index (χ4v) is 3.34. The van der Waals surface area contributed by atoms with Gasteiger partial charge >= 0.3 is 0 Å². The number of hydrogen-bond acceptors (Lipinski definition) is 3. The van der Waals surface area contributed by atoms with Gasteiger partial charge in [-0.3, -0.25) is 4.90 Å². The van der Waals surface area contributed by atoms with E-state index in [4.69, 9.17) is 17.3 Å². The molecule has 2 N–H and O–H groups in total. The molecule has 0 spiro atoms. The van der Waals surface area contributed by atoms with E-state index in [1.165, 1.54) is 0 Å². The Kier molecular flexibility index (Phi) is 3.92. The van der Waals surface area contributed by atoms with Gasteiger partial charge in [-0.1, -0.05) is 36.7 Å². The van der Waals surface area contributed by atoms with Crippen molar-refractivity contribution in [1.82, 2.24) is 9.88 Å². The average Bonchev–Trinajstić information content (AvgIpc) is 2.38. The number of piperidine rings is 1. The van der Waals surface area contributed by atoms with Crippen LogP contribution in [-0.2, 0) is 6.54 Å². The molecule has 2 unspecified atom stereocenters. The standard InChI is InChI=1S/C16H20ClN3/c1-11-6-14(18)10-20(8-11)9-13-7-12-4-2-3-5-15(12)19-16(13)17/h2-5,7,11,14H,6,8-10,18H2,1H3. The number of para-hydroxylation sites is 1. The third-order valence-corrected chi connectivity index (χ3v) is 4.24. The van der Waals surface area contributed by atoms with Gasteiger partial charge in [0.15, 0.2) is 0 Å². The van der Waals surface area contributed by atoms with Crippen molar-refractivity contribution in [3.8, 4) is 0 Å². The van der Waals surface area contributed by atoms with Gasteiger partial charge in [0, 0.05) is 36.6 Å². The number of nitrogens with two attached hydrogens (primary N) is 1. The van der Waals surface area contributed by atoms with Crippen LogP contribution in [-0.4, -0.2) is 29.0 Å². The first-order chi connectivity index (χ1) is 9.61. The number of hydrogen-bond donors (Lipinski definition) is 1. The monoisotopic (exact) mass is 289 g/mol. The van der Waals surface area contributed by atoms with Crippen LogP contribution in [0.25, 0.3) is 10.9 Å². The van der Waals surface area contributed by atoms with Crippen LogP contribution in [0, 0.1) is 5.92 Å². The van der Waals surface area contributed by atoms with E-state index in [0.717, 1.165) is 42.5 Å². The summed E-state index contributed by atoms with van der Waals surface area (Å²) < 4.78 is 0. The normalized spacial score (nSPS) is 24.1. The van der Waals surface area contributed by atoms with Crippen molar-refractivity contribution in [1.29, 1.82) is 0 Å². The van der Waals surface area contributed by atoms with Crippen molar-refractivity contribution >= 4 is 22.5 Å². The molecule has 2 atom stereocenters. The number of rotatable bonds is 2. The fraction of sp³-hybridized carbons (Fsp3) is 0.438. The van der Waals surface area contributed by atoms with E-state index < -0.39 is 0 Å². The molecule has 3 nitrogen and oxygen atoms in total. The summed E-state index contributed by atoms with van der Waals surface area (Å²) in [7, 11) is 0. The number of benzene rings is 1. The van der Waals surface area contributed by atoms with E-state index in [-0.39, 0.29) is 6.04 Å². The van der Waals surface area contributed by atoms with Gasteiger partial charge in [-0.05, 0) is 24.5 Å². The Morgan fingerprint density at radius 3 is 2.95 bits per heavy atom. The minimum Gasteiger partial charge on any atom is -0.327 e. The molecule has 3 rings (SSSR count). The molecule has 0 aliphatic carbocycles. The molecule has 2 heterocycles. The average molecular weight is 290 g/mol. The molecular formula is C16H20ClN3. The summed E-state index contributed by atoms with van der Waals surface area (Å²) >= 11 is 6.33. The van der Waals surface area contributed by atoms with E-state index in [1.54, 1.807) is 0 Å². The molecule has 1 aliphatic rings. The predicted octanol–water partition coefficient (Wildman–Crippen LogP) is 3.06. The van der Waals surface area contributed by atoms with E-state index in [0.29, 0.717) is 11.1 Å². The van der Waals surface area contributed by atoms with Gasteiger partial charge < -0.3 is 5.73 Å². The Morgan fingerprint density at radius 1 is 1.35 bits per heavy atom. The minimum atomic E-state index is 0.269. The van der Waals surface area contributed by atoms with Crippen molar-refractivity contribution in [2.24, 2.45) is 11.7 Å². The van der Waals surface area contributed by atoms with E-state index in [1.807, 2.05) is 18.2 Å². The molecular weight excluding hydrogens is 270 g/mol. The van der Waals surface area contributed by atoms with Crippen molar-refractivity contribution < 1.29 is 0 Å². The smallest absolute Gasteiger partial charge is 0.134 e. The van der Waals surface area contributed by atoms with Gasteiger partial charge in [-0.2, -0.15) is 0 Å². The summed E-state index contributed by atoms with van der Waals surface area (Å²) in [5.74, 6) is 0.644. The predicted molar refractivity (Wildman–Crippen MR) is 83.8 cm³/mol. The van der Waals surface area contributed by atoms with Crippen molar-refractivity contribution in [3.05, 3.63) is 41.0 Å². The Bertz CT molecular complexity index is 604. The molecule has 4 heteroatoms. The van der Waals surface area contributed by atoms with Gasteiger partial charge in [-0.25, -0.2) is 4.98 Å². The van der Waals surface area contributed by atoms with Gasteiger partial charge in [0.05, 0.1) is 5.52 Å². The molecule has 1 fully saturated rings. The van der Waals surface area contributed by atoms with Crippen LogP contribution in [0.5, 0.6) is 0 Å². The maximum Gasteiger partial charge on any atom is 0.134 e. The lowest BCUT2D eigenvalue weighted by molar-refractivity contribution is 0.158. The Hall–Kier alpha value is -1.16. The van der Waals surface area contributed by atoms with E-state index in [2.05, 4.69) is 28.9 Å². The summed E-state index contributed by atoms with van der Waals surface area (Å²) in [4.78, 5) is 6.87. The SMILES string of the molecule is CC1CC(N)CN(Cc2cc3ccccc3nc2Cl)C1. The Labute approximate surface area is 124 Å². The Balaban J connectivity index is 1.85. The molecule has 20 heavy (non-hydrogen) atoms. The second-order valence-electron chi connectivity index (χ2n) is 5.93. The van der Waals surface area contributed by atoms with Crippen LogP contribution < -0.4 is 5.73 Å². The van der Waals surface area contributed by atoms with Crippen molar-refractivity contribution in [3.63, 3.8) is 0 Å². The molecule has 0 amide bonds. The molecule has 0 saturated carbocycles. The first kappa shape index (κ1) is 13.8. The van der Waals surface area contributed by atoms with E-state index >= 15 is 0 Å². The summed E-state index contributed by atoms with van der Waals surface area (Å²) in [6.07, 6.45) is 1.11. The fourth-order valence-electron chi connectivity index (χ4n) is 3.13. The number of aromatic nitrogens is 1. The molecule has 1 aromatic carbocycles. The van der Waals surface area contributed by atoms with E-state index in [9.17, 15) is 0 Å². The summed E-state index contributed by atoms with van der Waals surface area (Å²) in [5.41, 5.74) is 8.15. The maximum absolute atomic E-state index is 6.33. The lowest BCUT2D eigenvalue weighted by Crippen LogP contribution is -2.45. The zero-order valence-corrected chi connectivity index (χ0v) is 12.5. The van der Waals surface area contributed by atoms with Crippen LogP contribution in [0.15, 0.2) is 30.3 Å². The summed E-state index contributed by atoms with van der Waals surface area (Å²) in [5, 5.41) is 1.75. The third kappa shape index (κ3) is 2.95. The molecule has 0 radical (unpaired) electrons. The highest BCUT2D eigenvalue weighted by Gasteiger charge is 2.22. The first-order valence-electron chi connectivity index (χ1n) is 7.14. The second-order valence-corrected chi connectivity index (χ2v) is 6.28. The number of fused-ring (bicyclic) bond motifs is 1. The van der Waals surface area contributed by atoms with Gasteiger partial charge in [0.2, 0.25) is 0 Å². The largest absolute Gasteiger partial charge is 0.327 e. The second kappa shape index (κ2) is 5.68. The molecule has 106 valence electrons. The Morgan fingerprint density at radius 2 is 2.15 bits per heavy atom. The zero-order chi connectivity index (χ0) is 14.1. The first-order valence-corrected chi connectivity index (χ1v) is 7.51. The highest BCUT2D eigenvalue weighted by Crippen LogP contribution is 2.24. The maximum atomic E-state index is 6.33. The summed E-state index contributed by atoms with van der Waals surface area (Å²) in [6, 6.07) is 10.5. The van der Waals surface area contributed by atoms with Gasteiger partial charge in [-0.15, -0.1) is 0 Å². The van der Waals surface area contributed by atoms with Gasteiger partial charge in [0.25, 0.3) is 0 Å². The molecule has 1 saturated heterocycles. The van der Waals surface area contributed by atoms with Crippen LogP contribution >= 0.6 is 11.6 Å². The van der Waals surface area contributed by atoms with Crippen LogP contribution in [0.3, 0.4) is 0 Å². The number of nitrogens with zero attached hydrogens (tertiary/aromatic N) is 2. The number of likely N-dealkylation sites (tertiary alicyclic amines) is 1. The zero-order valence-electron chi connectivity index (χ0n) is 11.7. The third-order valence-electron chi connectivity index (χ3n) is 3.91.